The van der Waals surface area contributed by atoms with Crippen LogP contribution in [0, 0.1) is 13.8 Å². The quantitative estimate of drug-likeness (QED) is 0.846. The van der Waals surface area contributed by atoms with Crippen LogP contribution in [0.15, 0.2) is 18.3 Å². The van der Waals surface area contributed by atoms with E-state index in [9.17, 15) is 13.2 Å². The lowest BCUT2D eigenvalue weighted by molar-refractivity contribution is -0.145. The van der Waals surface area contributed by atoms with Crippen molar-refractivity contribution >= 4 is 0 Å². The Kier molecular flexibility index (Phi) is 4.69. The zero-order valence-corrected chi connectivity index (χ0v) is 14.4. The normalized spacial score (nSPS) is 15.1. The third kappa shape index (κ3) is 3.61. The van der Waals surface area contributed by atoms with Gasteiger partial charge in [-0.25, -0.2) is 9.97 Å². The third-order valence-corrected chi connectivity index (χ3v) is 4.73. The van der Waals surface area contributed by atoms with Crippen LogP contribution in [0.4, 0.5) is 13.2 Å². The Morgan fingerprint density at radius 1 is 1.20 bits per heavy atom. The van der Waals surface area contributed by atoms with E-state index in [0.29, 0.717) is 25.2 Å². The Labute approximate surface area is 144 Å². The Hall–Kier alpha value is -2.15. The number of fused-ring (bicyclic) bond motifs is 1. The molecule has 1 aliphatic heterocycles. The Morgan fingerprint density at radius 3 is 2.64 bits per heavy atom. The number of rotatable bonds is 3. The molecule has 0 saturated carbocycles. The van der Waals surface area contributed by atoms with Gasteiger partial charge in [0.1, 0.15) is 5.75 Å². The molecule has 0 fully saturated rings. The molecule has 0 bridgehead atoms. The molecule has 0 spiro atoms. The van der Waals surface area contributed by atoms with Gasteiger partial charge in [0.05, 0.1) is 12.8 Å². The highest BCUT2D eigenvalue weighted by Crippen LogP contribution is 2.29. The van der Waals surface area contributed by atoms with Crippen molar-refractivity contribution in [3.8, 4) is 5.75 Å². The standard InChI is InChI=1S/C18H20F3N3O/c1-11-12(2)16(25-3)5-4-13(11)9-24-7-6-15-14(10-24)8-22-17(23-15)18(19,20)21/h4-5,8H,6-7,9-10H2,1-3H3. The van der Waals surface area contributed by atoms with E-state index in [2.05, 4.69) is 21.8 Å². The molecule has 0 N–H and O–H groups in total. The van der Waals surface area contributed by atoms with Crippen LogP contribution in [0.5, 0.6) is 5.75 Å². The average Bonchev–Trinajstić information content (AvgIpc) is 2.58. The van der Waals surface area contributed by atoms with Gasteiger partial charge in [-0.3, -0.25) is 4.90 Å². The summed E-state index contributed by atoms with van der Waals surface area (Å²) in [6.45, 7) is 6.04. The van der Waals surface area contributed by atoms with Crippen LogP contribution in [0.25, 0.3) is 0 Å². The zero-order valence-electron chi connectivity index (χ0n) is 14.4. The predicted molar refractivity (Wildman–Crippen MR) is 87.3 cm³/mol. The number of halogens is 3. The summed E-state index contributed by atoms with van der Waals surface area (Å²) < 4.78 is 43.5. The summed E-state index contributed by atoms with van der Waals surface area (Å²) in [5.74, 6) is -0.195. The summed E-state index contributed by atoms with van der Waals surface area (Å²) in [5.41, 5.74) is 4.74. The van der Waals surface area contributed by atoms with Gasteiger partial charge in [-0.15, -0.1) is 0 Å². The monoisotopic (exact) mass is 351 g/mol. The molecule has 1 aliphatic rings. The van der Waals surface area contributed by atoms with Crippen LogP contribution in [0.2, 0.25) is 0 Å². The maximum atomic E-state index is 12.7. The molecule has 2 heterocycles. The SMILES string of the molecule is COc1ccc(CN2CCc3nc(C(F)(F)F)ncc3C2)c(C)c1C. The minimum atomic E-state index is -4.50. The molecule has 0 radical (unpaired) electrons. The number of hydrogen-bond acceptors (Lipinski definition) is 4. The smallest absolute Gasteiger partial charge is 0.451 e. The van der Waals surface area contributed by atoms with E-state index in [4.69, 9.17) is 4.74 Å². The second kappa shape index (κ2) is 6.63. The maximum Gasteiger partial charge on any atom is 0.451 e. The fraction of sp³-hybridized carbons (Fsp3) is 0.444. The number of hydrogen-bond donors (Lipinski definition) is 0. The molecular formula is C18H20F3N3O. The van der Waals surface area contributed by atoms with Gasteiger partial charge < -0.3 is 4.74 Å². The van der Waals surface area contributed by atoms with E-state index in [1.807, 2.05) is 19.1 Å². The van der Waals surface area contributed by atoms with Gasteiger partial charge in [0, 0.05) is 37.8 Å². The molecule has 0 amide bonds. The predicted octanol–water partition coefficient (Wildman–Crippen LogP) is 3.68. The number of benzene rings is 1. The molecule has 3 rings (SSSR count). The van der Waals surface area contributed by atoms with Crippen LogP contribution in [0.3, 0.4) is 0 Å². The van der Waals surface area contributed by atoms with Crippen molar-refractivity contribution in [2.24, 2.45) is 0 Å². The molecule has 1 aromatic heterocycles. The first-order valence-electron chi connectivity index (χ1n) is 8.07. The number of nitrogens with zero attached hydrogens (tertiary/aromatic N) is 3. The molecule has 7 heteroatoms. The van der Waals surface area contributed by atoms with Crippen molar-refractivity contribution in [2.45, 2.75) is 39.5 Å². The minimum Gasteiger partial charge on any atom is -0.496 e. The molecule has 0 atom stereocenters. The van der Waals surface area contributed by atoms with Crippen molar-refractivity contribution in [3.05, 3.63) is 52.1 Å². The summed E-state index contributed by atoms with van der Waals surface area (Å²) >= 11 is 0. The van der Waals surface area contributed by atoms with Crippen molar-refractivity contribution in [1.82, 2.24) is 14.9 Å². The molecule has 134 valence electrons. The number of ether oxygens (including phenoxy) is 1. The molecule has 0 saturated heterocycles. The van der Waals surface area contributed by atoms with E-state index >= 15 is 0 Å². The van der Waals surface area contributed by atoms with Gasteiger partial charge >= 0.3 is 6.18 Å². The fourth-order valence-corrected chi connectivity index (χ4v) is 3.13. The van der Waals surface area contributed by atoms with Gasteiger partial charge in [0.25, 0.3) is 0 Å². The van der Waals surface area contributed by atoms with E-state index in [-0.39, 0.29) is 0 Å². The van der Waals surface area contributed by atoms with E-state index in [1.165, 1.54) is 17.3 Å². The summed E-state index contributed by atoms with van der Waals surface area (Å²) in [7, 11) is 1.65. The Balaban J connectivity index is 1.77. The van der Waals surface area contributed by atoms with Crippen LogP contribution in [-0.4, -0.2) is 28.5 Å². The highest BCUT2D eigenvalue weighted by Gasteiger charge is 2.35. The van der Waals surface area contributed by atoms with Crippen molar-refractivity contribution in [3.63, 3.8) is 0 Å². The Bertz CT molecular complexity index is 790. The molecule has 4 nitrogen and oxygen atoms in total. The minimum absolute atomic E-state index is 0.495. The lowest BCUT2D eigenvalue weighted by atomic mass is 10.0. The van der Waals surface area contributed by atoms with Crippen LogP contribution < -0.4 is 4.74 Å². The molecule has 25 heavy (non-hydrogen) atoms. The average molecular weight is 351 g/mol. The van der Waals surface area contributed by atoms with E-state index < -0.39 is 12.0 Å². The second-order valence-electron chi connectivity index (χ2n) is 6.30. The van der Waals surface area contributed by atoms with Crippen molar-refractivity contribution < 1.29 is 17.9 Å². The van der Waals surface area contributed by atoms with Gasteiger partial charge in [-0.05, 0) is 36.6 Å². The molecule has 2 aromatic rings. The third-order valence-electron chi connectivity index (χ3n) is 4.73. The fourth-order valence-electron chi connectivity index (χ4n) is 3.13. The summed E-state index contributed by atoms with van der Waals surface area (Å²) in [5, 5.41) is 0. The maximum absolute atomic E-state index is 12.7. The number of aromatic nitrogens is 2. The lowest BCUT2D eigenvalue weighted by Crippen LogP contribution is -2.32. The molecule has 0 aliphatic carbocycles. The van der Waals surface area contributed by atoms with Crippen molar-refractivity contribution in [1.29, 1.82) is 0 Å². The molecule has 0 unspecified atom stereocenters. The van der Waals surface area contributed by atoms with Gasteiger partial charge in [-0.1, -0.05) is 6.07 Å². The van der Waals surface area contributed by atoms with E-state index in [0.717, 1.165) is 23.4 Å². The lowest BCUT2D eigenvalue weighted by Gasteiger charge is -2.29. The van der Waals surface area contributed by atoms with Gasteiger partial charge in [-0.2, -0.15) is 13.2 Å². The summed E-state index contributed by atoms with van der Waals surface area (Å²) in [6, 6.07) is 3.99. The highest BCUT2D eigenvalue weighted by molar-refractivity contribution is 5.43. The van der Waals surface area contributed by atoms with Crippen LogP contribution >= 0.6 is 0 Å². The molecular weight excluding hydrogens is 331 g/mol. The largest absolute Gasteiger partial charge is 0.496 e. The van der Waals surface area contributed by atoms with E-state index in [1.54, 1.807) is 7.11 Å². The first kappa shape index (κ1) is 17.7. The summed E-state index contributed by atoms with van der Waals surface area (Å²) in [6.07, 6.45) is -2.69. The zero-order chi connectivity index (χ0) is 18.2. The highest BCUT2D eigenvalue weighted by atomic mass is 19.4. The summed E-state index contributed by atoms with van der Waals surface area (Å²) in [4.78, 5) is 9.38. The first-order valence-corrected chi connectivity index (χ1v) is 8.07. The van der Waals surface area contributed by atoms with Crippen molar-refractivity contribution in [2.75, 3.05) is 13.7 Å². The van der Waals surface area contributed by atoms with Crippen LogP contribution in [0.1, 0.15) is 33.8 Å². The molecule has 1 aromatic carbocycles. The first-order chi connectivity index (χ1) is 11.8. The number of alkyl halides is 3. The van der Waals surface area contributed by atoms with Crippen LogP contribution in [-0.2, 0) is 25.7 Å². The Morgan fingerprint density at radius 2 is 1.96 bits per heavy atom. The topological polar surface area (TPSA) is 38.2 Å². The van der Waals surface area contributed by atoms with Gasteiger partial charge in [0.2, 0.25) is 5.82 Å². The number of methoxy groups -OCH3 is 1. The second-order valence-corrected chi connectivity index (χ2v) is 6.30. The van der Waals surface area contributed by atoms with Gasteiger partial charge in [0.15, 0.2) is 0 Å².